The highest BCUT2D eigenvalue weighted by molar-refractivity contribution is 8.00. The summed E-state index contributed by atoms with van der Waals surface area (Å²) in [7, 11) is 0. The molecule has 3 heterocycles. The van der Waals surface area contributed by atoms with Gasteiger partial charge in [-0.15, -0.1) is 0 Å². The Morgan fingerprint density at radius 1 is 1.25 bits per heavy atom. The highest BCUT2D eigenvalue weighted by Crippen LogP contribution is 2.33. The van der Waals surface area contributed by atoms with Crippen LogP contribution in [0, 0.1) is 5.41 Å². The van der Waals surface area contributed by atoms with E-state index >= 15 is 0 Å². The van der Waals surface area contributed by atoms with Crippen molar-refractivity contribution in [2.45, 2.75) is 36.6 Å². The van der Waals surface area contributed by atoms with Gasteiger partial charge in [0.25, 0.3) is 11.8 Å². The number of carboxylic acid groups (broad SMARTS) is 1. The fourth-order valence-electron chi connectivity index (χ4n) is 2.59. The molecule has 24 heavy (non-hydrogen) atoms. The van der Waals surface area contributed by atoms with Gasteiger partial charge in [-0.3, -0.25) is 20.3 Å². The lowest BCUT2D eigenvalue weighted by Gasteiger charge is -2.16. The number of fused-ring (bicyclic) bond motifs is 1. The van der Waals surface area contributed by atoms with Gasteiger partial charge in [-0.1, -0.05) is 0 Å². The van der Waals surface area contributed by atoms with Crippen LogP contribution in [0.2, 0.25) is 0 Å². The second-order valence-electron chi connectivity index (χ2n) is 5.48. The molecule has 3 aliphatic rings. The molecule has 10 heteroatoms. The first-order valence-electron chi connectivity index (χ1n) is 7.39. The van der Waals surface area contributed by atoms with Crippen molar-refractivity contribution in [1.82, 2.24) is 16.0 Å². The number of urea groups is 1. The van der Waals surface area contributed by atoms with Crippen molar-refractivity contribution in [3.63, 3.8) is 0 Å². The molecule has 0 spiro atoms. The van der Waals surface area contributed by atoms with Gasteiger partial charge in [0.2, 0.25) is 0 Å². The Hall–Kier alpha value is -2.36. The molecule has 0 saturated carbocycles. The monoisotopic (exact) mass is 354 g/mol. The van der Waals surface area contributed by atoms with Gasteiger partial charge in [-0.2, -0.15) is 11.8 Å². The van der Waals surface area contributed by atoms with Crippen molar-refractivity contribution in [1.29, 1.82) is 5.41 Å². The Morgan fingerprint density at radius 3 is 2.46 bits per heavy atom. The van der Waals surface area contributed by atoms with Gasteiger partial charge >= 0.3 is 12.0 Å². The summed E-state index contributed by atoms with van der Waals surface area (Å²) in [6, 6.07) is 0.256. The zero-order valence-electron chi connectivity index (χ0n) is 12.7. The van der Waals surface area contributed by atoms with E-state index < -0.39 is 5.97 Å². The summed E-state index contributed by atoms with van der Waals surface area (Å²) in [6.45, 7) is 0. The number of thioether (sulfide) groups is 1. The lowest BCUT2D eigenvalue weighted by molar-refractivity contribution is -0.129. The maximum Gasteiger partial charge on any atom is 0.349 e. The highest BCUT2D eigenvalue weighted by Gasteiger charge is 2.42. The molecular weight excluding hydrogens is 336 g/mol. The molecule has 0 radical (unpaired) electrons. The van der Waals surface area contributed by atoms with Crippen LogP contribution < -0.4 is 16.0 Å². The number of imide groups is 1. The summed E-state index contributed by atoms with van der Waals surface area (Å²) in [5.74, 6) is -0.891. The number of carbonyl (C=O) groups is 4. The highest BCUT2D eigenvalue weighted by atomic mass is 32.2. The van der Waals surface area contributed by atoms with Crippen molar-refractivity contribution in [2.24, 2.45) is 0 Å². The first-order chi connectivity index (χ1) is 11.4. The SMILES string of the molecule is N=C(CCC[C@@H]1SC[C@@H]2NC(=O)N[C@@H]21)C(=O)O.O=C1C=CC(=O)N1. The van der Waals surface area contributed by atoms with E-state index in [1.165, 1.54) is 12.2 Å². The zero-order chi connectivity index (χ0) is 17.7. The lowest BCUT2D eigenvalue weighted by atomic mass is 10.0. The number of rotatable bonds is 5. The minimum atomic E-state index is -1.14. The first kappa shape index (κ1) is 18.0. The van der Waals surface area contributed by atoms with Crippen LogP contribution in [0.1, 0.15) is 19.3 Å². The van der Waals surface area contributed by atoms with E-state index in [0.29, 0.717) is 18.1 Å². The van der Waals surface area contributed by atoms with E-state index in [-0.39, 0.29) is 35.6 Å². The quantitative estimate of drug-likeness (QED) is 0.258. The third-order valence-corrected chi connectivity index (χ3v) is 5.25. The number of carbonyl (C=O) groups excluding carboxylic acids is 3. The Labute approximate surface area is 142 Å². The second-order valence-corrected chi connectivity index (χ2v) is 6.76. The molecular formula is C14H18N4O5S. The van der Waals surface area contributed by atoms with Gasteiger partial charge in [0.15, 0.2) is 0 Å². The fourth-order valence-corrected chi connectivity index (χ4v) is 4.13. The van der Waals surface area contributed by atoms with Gasteiger partial charge in [-0.25, -0.2) is 9.59 Å². The Balaban J connectivity index is 0.000000249. The van der Waals surface area contributed by atoms with Crippen LogP contribution in [0.5, 0.6) is 0 Å². The molecule has 3 atom stereocenters. The maximum atomic E-state index is 11.1. The van der Waals surface area contributed by atoms with Crippen LogP contribution in [0.15, 0.2) is 12.2 Å². The normalized spacial score (nSPS) is 26.8. The molecule has 3 rings (SSSR count). The van der Waals surface area contributed by atoms with E-state index in [1.54, 1.807) is 11.8 Å². The largest absolute Gasteiger partial charge is 0.477 e. The van der Waals surface area contributed by atoms with Gasteiger partial charge in [-0.05, 0) is 19.3 Å². The molecule has 0 aliphatic carbocycles. The van der Waals surface area contributed by atoms with E-state index in [2.05, 4.69) is 10.6 Å². The van der Waals surface area contributed by atoms with Gasteiger partial charge < -0.3 is 15.7 Å². The average Bonchev–Trinajstić information content (AvgIpc) is 3.17. The molecule has 5 N–H and O–H groups in total. The molecule has 0 bridgehead atoms. The summed E-state index contributed by atoms with van der Waals surface area (Å²) >= 11 is 1.80. The topological polar surface area (TPSA) is 148 Å². The number of hydrogen-bond donors (Lipinski definition) is 5. The van der Waals surface area contributed by atoms with E-state index in [9.17, 15) is 19.2 Å². The minimum absolute atomic E-state index is 0.108. The molecule has 0 aromatic heterocycles. The Kier molecular flexibility index (Phi) is 5.96. The molecule has 4 amide bonds. The smallest absolute Gasteiger partial charge is 0.349 e. The standard InChI is InChI=1S/C10H15N3O3S.C4H3NO2/c11-5(9(14)15)2-1-3-7-8-6(4-17-7)12-10(16)13-8;6-3-1-2-4(7)5-3/h6-8,11H,1-4H2,(H,14,15)(H2,12,13,16);1-2H,(H,5,6,7)/t6-,7-,8-;/m0./s1. The number of aliphatic carboxylic acids is 1. The van der Waals surface area contributed by atoms with E-state index in [0.717, 1.165) is 12.2 Å². The molecule has 9 nitrogen and oxygen atoms in total. The summed E-state index contributed by atoms with van der Waals surface area (Å²) < 4.78 is 0. The minimum Gasteiger partial charge on any atom is -0.477 e. The van der Waals surface area contributed by atoms with Crippen LogP contribution in [0.25, 0.3) is 0 Å². The number of nitrogens with one attached hydrogen (secondary N) is 4. The molecule has 2 saturated heterocycles. The Bertz CT molecular complexity index is 590. The first-order valence-corrected chi connectivity index (χ1v) is 8.44. The number of amides is 4. The Morgan fingerprint density at radius 2 is 1.92 bits per heavy atom. The van der Waals surface area contributed by atoms with Crippen LogP contribution in [0.4, 0.5) is 4.79 Å². The van der Waals surface area contributed by atoms with Crippen molar-refractivity contribution in [3.8, 4) is 0 Å². The molecule has 0 aromatic carbocycles. The van der Waals surface area contributed by atoms with E-state index in [1.807, 2.05) is 5.32 Å². The van der Waals surface area contributed by atoms with Crippen molar-refractivity contribution < 1.29 is 24.3 Å². The third kappa shape index (κ3) is 4.82. The fraction of sp³-hybridized carbons (Fsp3) is 0.500. The summed E-state index contributed by atoms with van der Waals surface area (Å²) in [6.07, 6.45) is 4.21. The second kappa shape index (κ2) is 7.95. The van der Waals surface area contributed by atoms with Crippen LogP contribution in [0.3, 0.4) is 0 Å². The lowest BCUT2D eigenvalue weighted by Crippen LogP contribution is -2.36. The van der Waals surface area contributed by atoms with Crippen LogP contribution in [-0.4, -0.2) is 57.7 Å². The number of hydrogen-bond acceptors (Lipinski definition) is 6. The predicted molar refractivity (Wildman–Crippen MR) is 87.0 cm³/mol. The summed E-state index contributed by atoms with van der Waals surface area (Å²) in [5.41, 5.74) is -0.238. The van der Waals surface area contributed by atoms with Crippen molar-refractivity contribution in [3.05, 3.63) is 12.2 Å². The molecule has 2 fully saturated rings. The van der Waals surface area contributed by atoms with Gasteiger partial charge in [0.05, 0.1) is 12.1 Å². The number of carboxylic acids is 1. The van der Waals surface area contributed by atoms with Crippen molar-refractivity contribution in [2.75, 3.05) is 5.75 Å². The average molecular weight is 354 g/mol. The molecule has 3 aliphatic heterocycles. The molecule has 130 valence electrons. The van der Waals surface area contributed by atoms with Gasteiger partial charge in [0, 0.05) is 23.2 Å². The van der Waals surface area contributed by atoms with E-state index in [4.69, 9.17) is 10.5 Å². The summed E-state index contributed by atoms with van der Waals surface area (Å²) in [4.78, 5) is 41.7. The molecule has 0 unspecified atom stereocenters. The molecule has 0 aromatic rings. The maximum absolute atomic E-state index is 11.1. The van der Waals surface area contributed by atoms with Crippen LogP contribution in [-0.2, 0) is 14.4 Å². The van der Waals surface area contributed by atoms with Gasteiger partial charge in [0.1, 0.15) is 5.71 Å². The predicted octanol–water partition coefficient (Wildman–Crippen LogP) is -0.375. The van der Waals surface area contributed by atoms with Crippen LogP contribution >= 0.6 is 11.8 Å². The third-order valence-electron chi connectivity index (χ3n) is 3.74. The summed E-state index contributed by atoms with van der Waals surface area (Å²) in [5, 5.41) is 23.9. The van der Waals surface area contributed by atoms with Crippen molar-refractivity contribution >= 4 is 41.3 Å². The zero-order valence-corrected chi connectivity index (χ0v) is 13.5.